The molecule has 3 aromatic rings. The molecule has 126 valence electrons. The normalized spacial score (nSPS) is 11.2. The minimum Gasteiger partial charge on any atom is -0.497 e. The molecule has 0 N–H and O–H groups in total. The molecule has 3 nitrogen and oxygen atoms in total. The predicted molar refractivity (Wildman–Crippen MR) is 107 cm³/mol. The van der Waals surface area contributed by atoms with Gasteiger partial charge in [-0.2, -0.15) is 0 Å². The summed E-state index contributed by atoms with van der Waals surface area (Å²) in [7, 11) is 1.58. The Kier molecular flexibility index (Phi) is 4.91. The van der Waals surface area contributed by atoms with Crippen LogP contribution in [0.5, 0.6) is 5.75 Å². The molecular formula is C21H17BrO3. The van der Waals surface area contributed by atoms with E-state index in [0.29, 0.717) is 22.5 Å². The van der Waals surface area contributed by atoms with E-state index in [-0.39, 0.29) is 5.43 Å². The average Bonchev–Trinajstić information content (AvgIpc) is 2.60. The highest BCUT2D eigenvalue weighted by molar-refractivity contribution is 9.10. The average molecular weight is 397 g/mol. The molecule has 0 fully saturated rings. The van der Waals surface area contributed by atoms with Gasteiger partial charge in [-0.15, -0.1) is 0 Å². The molecule has 0 bridgehead atoms. The molecule has 2 aromatic carbocycles. The van der Waals surface area contributed by atoms with E-state index < -0.39 is 0 Å². The number of fused-ring (bicyclic) bond motifs is 1. The summed E-state index contributed by atoms with van der Waals surface area (Å²) in [5.41, 5.74) is 2.93. The van der Waals surface area contributed by atoms with Crippen molar-refractivity contribution in [3.63, 3.8) is 0 Å². The lowest BCUT2D eigenvalue weighted by Gasteiger charge is -2.09. The standard InChI is InChI=1S/C21H17BrO3/c1-13(2)18-10-17(24-3)12-20-21(18)19(23)11-16(25-20)9-6-14-4-7-15(22)8-5-14/h4-12H,1H2,2-3H3/b9-6+. The zero-order valence-electron chi connectivity index (χ0n) is 14.0. The molecule has 0 amide bonds. The molecule has 0 aliphatic rings. The summed E-state index contributed by atoms with van der Waals surface area (Å²) in [6.45, 7) is 5.80. The molecule has 0 spiro atoms. The van der Waals surface area contributed by atoms with Crippen molar-refractivity contribution in [2.75, 3.05) is 7.11 Å². The third-order valence-corrected chi connectivity index (χ3v) is 4.36. The van der Waals surface area contributed by atoms with Gasteiger partial charge in [-0.1, -0.05) is 46.3 Å². The summed E-state index contributed by atoms with van der Waals surface area (Å²) in [5, 5.41) is 0.522. The molecular weight excluding hydrogens is 380 g/mol. The van der Waals surface area contributed by atoms with E-state index >= 15 is 0 Å². The van der Waals surface area contributed by atoms with Crippen LogP contribution in [-0.2, 0) is 0 Å². The van der Waals surface area contributed by atoms with E-state index in [1.54, 1.807) is 25.3 Å². The van der Waals surface area contributed by atoms with Crippen LogP contribution in [0.4, 0.5) is 0 Å². The first-order valence-corrected chi connectivity index (χ1v) is 8.52. The Bertz CT molecular complexity index is 1030. The predicted octanol–water partition coefficient (Wildman–Crippen LogP) is 5.77. The highest BCUT2D eigenvalue weighted by Gasteiger charge is 2.12. The summed E-state index contributed by atoms with van der Waals surface area (Å²) in [6, 6.07) is 12.9. The molecule has 0 radical (unpaired) electrons. The van der Waals surface area contributed by atoms with Crippen molar-refractivity contribution in [1.82, 2.24) is 0 Å². The number of benzene rings is 2. The number of hydrogen-bond acceptors (Lipinski definition) is 3. The molecule has 1 heterocycles. The van der Waals surface area contributed by atoms with Gasteiger partial charge in [0.25, 0.3) is 0 Å². The monoisotopic (exact) mass is 396 g/mol. The van der Waals surface area contributed by atoms with E-state index in [1.165, 1.54) is 6.07 Å². The summed E-state index contributed by atoms with van der Waals surface area (Å²) in [6.07, 6.45) is 3.68. The second kappa shape index (κ2) is 7.11. The Morgan fingerprint density at radius 3 is 2.52 bits per heavy atom. The van der Waals surface area contributed by atoms with Crippen LogP contribution in [-0.4, -0.2) is 7.11 Å². The number of allylic oxidation sites excluding steroid dienone is 1. The Labute approximate surface area is 154 Å². The van der Waals surface area contributed by atoms with Crippen LogP contribution < -0.4 is 10.2 Å². The van der Waals surface area contributed by atoms with Crippen LogP contribution in [0, 0.1) is 0 Å². The number of rotatable bonds is 4. The SMILES string of the molecule is C=C(C)c1cc(OC)cc2oc(/C=C/c3ccc(Br)cc3)cc(=O)c12. The Morgan fingerprint density at radius 2 is 1.88 bits per heavy atom. The summed E-state index contributed by atoms with van der Waals surface area (Å²) >= 11 is 3.41. The van der Waals surface area contributed by atoms with Gasteiger partial charge >= 0.3 is 0 Å². The first kappa shape index (κ1) is 17.2. The maximum absolute atomic E-state index is 12.6. The summed E-state index contributed by atoms with van der Waals surface area (Å²) in [5.74, 6) is 1.11. The van der Waals surface area contributed by atoms with Crippen molar-refractivity contribution in [2.24, 2.45) is 0 Å². The molecule has 0 atom stereocenters. The zero-order valence-corrected chi connectivity index (χ0v) is 15.6. The van der Waals surface area contributed by atoms with E-state index in [4.69, 9.17) is 9.15 Å². The van der Waals surface area contributed by atoms with Crippen molar-refractivity contribution in [1.29, 1.82) is 0 Å². The lowest BCUT2D eigenvalue weighted by molar-refractivity contribution is 0.414. The largest absolute Gasteiger partial charge is 0.497 e. The highest BCUT2D eigenvalue weighted by Crippen LogP contribution is 2.28. The van der Waals surface area contributed by atoms with Crippen molar-refractivity contribution in [2.45, 2.75) is 6.92 Å². The lowest BCUT2D eigenvalue weighted by atomic mass is 10.0. The molecule has 0 aliphatic heterocycles. The van der Waals surface area contributed by atoms with Crippen LogP contribution in [0.1, 0.15) is 23.8 Å². The number of halogens is 1. The van der Waals surface area contributed by atoms with E-state index in [0.717, 1.165) is 21.2 Å². The second-order valence-electron chi connectivity index (χ2n) is 5.73. The molecule has 0 saturated heterocycles. The van der Waals surface area contributed by atoms with Crippen molar-refractivity contribution in [3.8, 4) is 5.75 Å². The summed E-state index contributed by atoms with van der Waals surface area (Å²) in [4.78, 5) is 12.6. The number of hydrogen-bond donors (Lipinski definition) is 0. The van der Waals surface area contributed by atoms with Crippen molar-refractivity contribution < 1.29 is 9.15 Å². The first-order valence-electron chi connectivity index (χ1n) is 7.73. The third kappa shape index (κ3) is 3.74. The Hall–Kier alpha value is -2.59. The van der Waals surface area contributed by atoms with Gasteiger partial charge in [-0.3, -0.25) is 4.79 Å². The fourth-order valence-corrected chi connectivity index (χ4v) is 2.84. The number of methoxy groups -OCH3 is 1. The van der Waals surface area contributed by atoms with Crippen LogP contribution in [0.25, 0.3) is 28.7 Å². The maximum atomic E-state index is 12.6. The van der Waals surface area contributed by atoms with E-state index in [9.17, 15) is 4.79 Å². The quantitative estimate of drug-likeness (QED) is 0.561. The van der Waals surface area contributed by atoms with Crippen LogP contribution in [0.2, 0.25) is 0 Å². The van der Waals surface area contributed by atoms with Gasteiger partial charge < -0.3 is 9.15 Å². The molecule has 25 heavy (non-hydrogen) atoms. The molecule has 0 unspecified atom stereocenters. The van der Waals surface area contributed by atoms with Gasteiger partial charge in [0.1, 0.15) is 17.1 Å². The second-order valence-corrected chi connectivity index (χ2v) is 6.64. The molecule has 1 aromatic heterocycles. The minimum absolute atomic E-state index is 0.0997. The van der Waals surface area contributed by atoms with Crippen LogP contribution >= 0.6 is 15.9 Å². The van der Waals surface area contributed by atoms with Crippen LogP contribution in [0.3, 0.4) is 0 Å². The molecule has 4 heteroatoms. The third-order valence-electron chi connectivity index (χ3n) is 3.83. The maximum Gasteiger partial charge on any atom is 0.193 e. The molecule has 0 saturated carbocycles. The van der Waals surface area contributed by atoms with Gasteiger partial charge in [-0.05, 0) is 42.3 Å². The van der Waals surface area contributed by atoms with Gasteiger partial charge in [-0.25, -0.2) is 0 Å². The van der Waals surface area contributed by atoms with Gasteiger partial charge in [0, 0.05) is 16.6 Å². The van der Waals surface area contributed by atoms with E-state index in [2.05, 4.69) is 22.5 Å². The number of ether oxygens (including phenoxy) is 1. The van der Waals surface area contributed by atoms with Crippen molar-refractivity contribution in [3.05, 3.63) is 80.6 Å². The molecule has 3 rings (SSSR count). The smallest absolute Gasteiger partial charge is 0.193 e. The van der Waals surface area contributed by atoms with Gasteiger partial charge in [0.05, 0.1) is 12.5 Å². The zero-order chi connectivity index (χ0) is 18.0. The van der Waals surface area contributed by atoms with E-state index in [1.807, 2.05) is 37.3 Å². The lowest BCUT2D eigenvalue weighted by Crippen LogP contribution is -2.04. The highest BCUT2D eigenvalue weighted by atomic mass is 79.9. The van der Waals surface area contributed by atoms with Crippen molar-refractivity contribution >= 4 is 44.6 Å². The van der Waals surface area contributed by atoms with Crippen LogP contribution in [0.15, 0.2) is 62.7 Å². The summed E-state index contributed by atoms with van der Waals surface area (Å²) < 4.78 is 12.2. The van der Waals surface area contributed by atoms with Gasteiger partial charge in [0.2, 0.25) is 0 Å². The molecule has 0 aliphatic carbocycles. The van der Waals surface area contributed by atoms with Gasteiger partial charge in [0.15, 0.2) is 5.43 Å². The first-order chi connectivity index (χ1) is 12.0. The fourth-order valence-electron chi connectivity index (χ4n) is 2.57. The Morgan fingerprint density at radius 1 is 1.16 bits per heavy atom. The Balaban J connectivity index is 2.11. The minimum atomic E-state index is -0.0997. The topological polar surface area (TPSA) is 39.4 Å². The fraction of sp³-hybridized carbons (Fsp3) is 0.0952.